The Morgan fingerprint density at radius 3 is 2.74 bits per heavy atom. The highest BCUT2D eigenvalue weighted by Crippen LogP contribution is 2.30. The van der Waals surface area contributed by atoms with Crippen LogP contribution >= 0.6 is 0 Å². The number of pyridine rings is 3. The topological polar surface area (TPSA) is 84.0 Å². The molecular weight excluding hydrogens is 390 g/mol. The summed E-state index contributed by atoms with van der Waals surface area (Å²) < 4.78 is 7.82. The molecule has 0 N–H and O–H groups in total. The molecule has 4 heterocycles. The number of nitriles is 1. The van der Waals surface area contributed by atoms with E-state index in [0.29, 0.717) is 23.0 Å². The van der Waals surface area contributed by atoms with E-state index in [9.17, 15) is 10.1 Å². The molecule has 160 valence electrons. The zero-order chi connectivity index (χ0) is 22.1. The number of hydrogen-bond acceptors (Lipinski definition) is 6. The number of fused-ring (bicyclic) bond motifs is 1. The normalized spacial score (nSPS) is 18.9. The van der Waals surface area contributed by atoms with Gasteiger partial charge in [-0.05, 0) is 24.1 Å². The quantitative estimate of drug-likeness (QED) is 0.645. The van der Waals surface area contributed by atoms with Crippen molar-refractivity contribution in [1.82, 2.24) is 14.5 Å². The molecule has 0 radical (unpaired) electrons. The lowest BCUT2D eigenvalue weighted by molar-refractivity contribution is 0.116. The van der Waals surface area contributed by atoms with Crippen LogP contribution in [0.5, 0.6) is 5.88 Å². The second-order valence-corrected chi connectivity index (χ2v) is 8.53. The first kappa shape index (κ1) is 20.9. The van der Waals surface area contributed by atoms with Crippen LogP contribution in [0.25, 0.3) is 11.0 Å². The average Bonchev–Trinajstić information content (AvgIpc) is 2.77. The summed E-state index contributed by atoms with van der Waals surface area (Å²) in [7, 11) is 1.73. The van der Waals surface area contributed by atoms with E-state index in [0.717, 1.165) is 36.4 Å². The van der Waals surface area contributed by atoms with Gasteiger partial charge in [0, 0.05) is 50.3 Å². The Balaban J connectivity index is 1.59. The number of hydrogen-bond donors (Lipinski definition) is 0. The average molecular weight is 418 g/mol. The third kappa shape index (κ3) is 4.11. The van der Waals surface area contributed by atoms with Gasteiger partial charge in [0.2, 0.25) is 5.88 Å². The Bertz CT molecular complexity index is 1210. The minimum atomic E-state index is -0.0882. The maximum atomic E-state index is 12.5. The molecule has 0 saturated carbocycles. The Kier molecular flexibility index (Phi) is 5.64. The summed E-state index contributed by atoms with van der Waals surface area (Å²) in [6.07, 6.45) is 0.857. The molecule has 7 heteroatoms. The molecule has 1 fully saturated rings. The second-order valence-electron chi connectivity index (χ2n) is 8.53. The fraction of sp³-hybridized carbons (Fsp3) is 0.417. The molecule has 0 spiro atoms. The summed E-state index contributed by atoms with van der Waals surface area (Å²) in [6.45, 7) is 7.86. The van der Waals surface area contributed by atoms with E-state index >= 15 is 0 Å². The van der Waals surface area contributed by atoms with Crippen molar-refractivity contribution in [3.8, 4) is 11.9 Å². The van der Waals surface area contributed by atoms with E-state index in [1.807, 2.05) is 18.2 Å². The highest BCUT2D eigenvalue weighted by molar-refractivity contribution is 5.88. The summed E-state index contributed by atoms with van der Waals surface area (Å²) in [5, 5.41) is 9.28. The number of rotatable bonds is 4. The van der Waals surface area contributed by atoms with Crippen molar-refractivity contribution in [2.75, 3.05) is 18.0 Å². The van der Waals surface area contributed by atoms with E-state index in [2.05, 4.69) is 41.7 Å². The molecule has 3 aromatic heterocycles. The predicted octanol–water partition coefficient (Wildman–Crippen LogP) is 3.62. The Labute approximate surface area is 181 Å². The van der Waals surface area contributed by atoms with Crippen molar-refractivity contribution in [3.63, 3.8) is 0 Å². The lowest BCUT2D eigenvalue weighted by atomic mass is 9.95. The van der Waals surface area contributed by atoms with Gasteiger partial charge in [-0.3, -0.25) is 4.79 Å². The lowest BCUT2D eigenvalue weighted by Crippen LogP contribution is -2.45. The first-order valence-corrected chi connectivity index (χ1v) is 10.7. The first-order valence-electron chi connectivity index (χ1n) is 10.7. The van der Waals surface area contributed by atoms with Crippen LogP contribution < -0.4 is 15.2 Å². The Morgan fingerprint density at radius 2 is 2.03 bits per heavy atom. The molecule has 0 amide bonds. The van der Waals surface area contributed by atoms with Gasteiger partial charge in [0.05, 0.1) is 11.2 Å². The lowest BCUT2D eigenvalue weighted by Gasteiger charge is -2.38. The van der Waals surface area contributed by atoms with Crippen LogP contribution in [-0.2, 0) is 7.05 Å². The fourth-order valence-corrected chi connectivity index (χ4v) is 4.11. The molecule has 0 aromatic carbocycles. The van der Waals surface area contributed by atoms with Gasteiger partial charge in [-0.2, -0.15) is 5.26 Å². The number of nitrogens with zero attached hydrogens (tertiary/aromatic N) is 5. The molecule has 1 unspecified atom stereocenters. The number of aryl methyl sites for hydroxylation is 1. The Hall–Kier alpha value is -3.40. The van der Waals surface area contributed by atoms with Crippen LogP contribution in [0.4, 0.5) is 5.69 Å². The van der Waals surface area contributed by atoms with Gasteiger partial charge in [0.15, 0.2) is 0 Å². The second kappa shape index (κ2) is 8.38. The maximum Gasteiger partial charge on any atom is 0.252 e. The van der Waals surface area contributed by atoms with Crippen molar-refractivity contribution in [2.45, 2.75) is 39.2 Å². The van der Waals surface area contributed by atoms with Crippen LogP contribution in [0, 0.1) is 17.2 Å². The third-order valence-electron chi connectivity index (χ3n) is 5.96. The molecule has 1 saturated heterocycles. The molecule has 2 atom stereocenters. The van der Waals surface area contributed by atoms with E-state index in [-0.39, 0.29) is 17.6 Å². The summed E-state index contributed by atoms with van der Waals surface area (Å²) in [6, 6.07) is 13.1. The number of anilines is 1. The molecular formula is C24H27N5O2. The monoisotopic (exact) mass is 417 g/mol. The van der Waals surface area contributed by atoms with Crippen LogP contribution in [0.15, 0.2) is 41.2 Å². The molecule has 4 rings (SSSR count). The smallest absolute Gasteiger partial charge is 0.252 e. The first-order chi connectivity index (χ1) is 14.9. The van der Waals surface area contributed by atoms with Gasteiger partial charge in [-0.1, -0.05) is 26.8 Å². The van der Waals surface area contributed by atoms with Crippen molar-refractivity contribution in [1.29, 1.82) is 5.26 Å². The highest BCUT2D eigenvalue weighted by Gasteiger charge is 2.29. The standard InChI is InChI=1S/C24H27N5O2/c1-15(2)18-6-5-7-22(27-18)31-21-10-11-29(14-16(21)3)20-12-23(30)28(4)19-9-8-17(13-25)26-24(19)20/h5-9,12,15-16,21H,10-11,14H2,1-4H3/t16?,21-/m0/s1. The molecule has 3 aromatic rings. The van der Waals surface area contributed by atoms with E-state index < -0.39 is 0 Å². The zero-order valence-corrected chi connectivity index (χ0v) is 18.4. The third-order valence-corrected chi connectivity index (χ3v) is 5.96. The van der Waals surface area contributed by atoms with Crippen molar-refractivity contribution < 1.29 is 4.74 Å². The summed E-state index contributed by atoms with van der Waals surface area (Å²) in [5.41, 5.74) is 3.46. The maximum absolute atomic E-state index is 12.5. The van der Waals surface area contributed by atoms with Gasteiger partial charge >= 0.3 is 0 Å². The molecule has 31 heavy (non-hydrogen) atoms. The van der Waals surface area contributed by atoms with Crippen molar-refractivity contribution in [2.24, 2.45) is 13.0 Å². The van der Waals surface area contributed by atoms with Gasteiger partial charge in [0.25, 0.3) is 5.56 Å². The van der Waals surface area contributed by atoms with Gasteiger partial charge < -0.3 is 14.2 Å². The van der Waals surface area contributed by atoms with Gasteiger partial charge in [-0.15, -0.1) is 0 Å². The SMILES string of the molecule is CC(C)c1cccc(O[C@H]2CCN(c3cc(=O)n(C)c4ccc(C#N)nc34)CC2C)n1. The van der Waals surface area contributed by atoms with E-state index in [1.54, 1.807) is 29.8 Å². The van der Waals surface area contributed by atoms with Crippen LogP contribution in [-0.4, -0.2) is 33.7 Å². The molecule has 0 aliphatic carbocycles. The molecule has 7 nitrogen and oxygen atoms in total. The molecule has 1 aliphatic rings. The highest BCUT2D eigenvalue weighted by atomic mass is 16.5. The summed E-state index contributed by atoms with van der Waals surface area (Å²) >= 11 is 0. The van der Waals surface area contributed by atoms with Gasteiger partial charge in [-0.25, -0.2) is 9.97 Å². The molecule has 0 bridgehead atoms. The summed E-state index contributed by atoms with van der Waals surface area (Å²) in [4.78, 5) is 23.9. The largest absolute Gasteiger partial charge is 0.474 e. The Morgan fingerprint density at radius 1 is 1.23 bits per heavy atom. The van der Waals surface area contributed by atoms with Crippen LogP contribution in [0.2, 0.25) is 0 Å². The summed E-state index contributed by atoms with van der Waals surface area (Å²) in [5.74, 6) is 1.25. The fourth-order valence-electron chi connectivity index (χ4n) is 4.11. The van der Waals surface area contributed by atoms with Gasteiger partial charge in [0.1, 0.15) is 23.4 Å². The number of piperidine rings is 1. The van der Waals surface area contributed by atoms with Crippen LogP contribution in [0.3, 0.4) is 0 Å². The molecule has 1 aliphatic heterocycles. The number of ether oxygens (including phenoxy) is 1. The van der Waals surface area contributed by atoms with Crippen LogP contribution in [0.1, 0.15) is 44.5 Å². The minimum absolute atomic E-state index is 0.0478. The van der Waals surface area contributed by atoms with Crippen molar-refractivity contribution in [3.05, 3.63) is 58.1 Å². The van der Waals surface area contributed by atoms with E-state index in [1.165, 1.54) is 0 Å². The predicted molar refractivity (Wildman–Crippen MR) is 120 cm³/mol. The zero-order valence-electron chi connectivity index (χ0n) is 18.4. The van der Waals surface area contributed by atoms with Crippen molar-refractivity contribution >= 4 is 16.7 Å². The number of aromatic nitrogens is 3. The minimum Gasteiger partial charge on any atom is -0.474 e. The van der Waals surface area contributed by atoms with E-state index in [4.69, 9.17) is 4.74 Å².